The van der Waals surface area contributed by atoms with Gasteiger partial charge in [-0.05, 0) is 30.5 Å². The van der Waals surface area contributed by atoms with Crippen LogP contribution in [0.4, 0.5) is 17.3 Å². The first-order valence-electron chi connectivity index (χ1n) is 10.4. The van der Waals surface area contributed by atoms with Crippen LogP contribution in [0, 0.1) is 0 Å². The lowest BCUT2D eigenvalue weighted by Gasteiger charge is -2.18. The Hall–Kier alpha value is -3.21. The fourth-order valence-corrected chi connectivity index (χ4v) is 4.38. The number of aromatic nitrogens is 2. The molecule has 1 unspecified atom stereocenters. The number of phenolic OH excluding ortho intramolecular Hbond substituents is 1. The number of likely N-dealkylation sites (tertiary alicyclic amines) is 1. The Kier molecular flexibility index (Phi) is 6.54. The van der Waals surface area contributed by atoms with Crippen LogP contribution >= 0.6 is 11.1 Å². The minimum Gasteiger partial charge on any atom is -0.546 e. The quantitative estimate of drug-likeness (QED) is 0.315. The van der Waals surface area contributed by atoms with E-state index in [4.69, 9.17) is 0 Å². The molecule has 2 aromatic carbocycles. The molecule has 4 N–H and O–H groups in total. The molecule has 2 heterocycles. The molecule has 168 valence electrons. The average Bonchev–Trinajstić information content (AvgIpc) is 3.38. The highest BCUT2D eigenvalue weighted by Gasteiger charge is 2.28. The van der Waals surface area contributed by atoms with Crippen LogP contribution in [0.15, 0.2) is 48.5 Å². The van der Waals surface area contributed by atoms with E-state index in [0.717, 1.165) is 12.0 Å². The normalized spacial score (nSPS) is 17.3. The summed E-state index contributed by atoms with van der Waals surface area (Å²) in [5.74, 6) is -0.0671. The number of para-hydroxylation sites is 1. The summed E-state index contributed by atoms with van der Waals surface area (Å²) in [6, 6.07) is 14.5. The molecule has 0 aliphatic carbocycles. The smallest absolute Gasteiger partial charge is 0.257 e. The number of nitrogens with zero attached hydrogens (tertiary/aromatic N) is 3. The van der Waals surface area contributed by atoms with E-state index in [0.29, 0.717) is 18.8 Å². The molecule has 0 spiro atoms. The van der Waals surface area contributed by atoms with Crippen molar-refractivity contribution >= 4 is 34.4 Å². The van der Waals surface area contributed by atoms with Crippen LogP contribution in [0.3, 0.4) is 0 Å². The van der Waals surface area contributed by atoms with Crippen LogP contribution in [0.25, 0.3) is 0 Å². The molecule has 4 rings (SSSR count). The van der Waals surface area contributed by atoms with Crippen LogP contribution in [-0.4, -0.2) is 53.5 Å². The number of hydrogen-bond acceptors (Lipinski definition) is 8. The number of aliphatic hydroxyl groups is 1. The van der Waals surface area contributed by atoms with Gasteiger partial charge in [-0.2, -0.15) is 0 Å². The SMILES string of the molecule is CC[C@@H](Nc1n[s+]([O-])nc1Nc1cccc(C(=O)N2CC[C@H](O)C2)c1O)c1ccccc1. The predicted octanol–water partition coefficient (Wildman–Crippen LogP) is 3.42. The predicted molar refractivity (Wildman–Crippen MR) is 122 cm³/mol. The van der Waals surface area contributed by atoms with Crippen molar-refractivity contribution in [3.8, 4) is 5.75 Å². The molecule has 1 aliphatic rings. The number of aliphatic hydroxyl groups excluding tert-OH is 1. The summed E-state index contributed by atoms with van der Waals surface area (Å²) in [5.41, 5.74) is 1.42. The van der Waals surface area contributed by atoms with Crippen LogP contribution in [-0.2, 0) is 0 Å². The van der Waals surface area contributed by atoms with E-state index in [1.807, 2.05) is 37.3 Å². The number of benzene rings is 2. The van der Waals surface area contributed by atoms with Crippen LogP contribution in [0.5, 0.6) is 5.75 Å². The van der Waals surface area contributed by atoms with Gasteiger partial charge in [-0.15, -0.1) is 0 Å². The van der Waals surface area contributed by atoms with Gasteiger partial charge in [0.1, 0.15) is 0 Å². The van der Waals surface area contributed by atoms with E-state index < -0.39 is 17.2 Å². The first kappa shape index (κ1) is 22.0. The zero-order valence-electron chi connectivity index (χ0n) is 17.6. The molecule has 9 nitrogen and oxygen atoms in total. The van der Waals surface area contributed by atoms with Gasteiger partial charge in [0.25, 0.3) is 5.91 Å². The van der Waals surface area contributed by atoms with Crippen molar-refractivity contribution in [3.05, 3.63) is 59.7 Å². The minimum atomic E-state index is -1.79. The lowest BCUT2D eigenvalue weighted by atomic mass is 10.0. The molecule has 0 radical (unpaired) electrons. The highest BCUT2D eigenvalue weighted by molar-refractivity contribution is 7.14. The maximum Gasteiger partial charge on any atom is 0.257 e. The van der Waals surface area contributed by atoms with Gasteiger partial charge in [0, 0.05) is 21.8 Å². The maximum atomic E-state index is 12.8. The Morgan fingerprint density at radius 1 is 1.22 bits per heavy atom. The first-order valence-corrected chi connectivity index (χ1v) is 11.5. The molecule has 3 aromatic rings. The Morgan fingerprint density at radius 3 is 2.66 bits per heavy atom. The third kappa shape index (κ3) is 4.67. The summed E-state index contributed by atoms with van der Waals surface area (Å²) in [6.07, 6.45) is 0.726. The molecule has 10 heteroatoms. The van der Waals surface area contributed by atoms with Crippen LogP contribution in [0.1, 0.15) is 41.7 Å². The summed E-state index contributed by atoms with van der Waals surface area (Å²) in [7, 11) is 0. The Labute approximate surface area is 188 Å². The van der Waals surface area contributed by atoms with Gasteiger partial charge in [0.2, 0.25) is 11.6 Å². The monoisotopic (exact) mass is 455 g/mol. The third-order valence-corrected chi connectivity index (χ3v) is 6.13. The Bertz CT molecular complexity index is 1090. The lowest BCUT2D eigenvalue weighted by molar-refractivity contribution is 0.0762. The fraction of sp³-hybridized carbons (Fsp3) is 0.318. The molecular weight excluding hydrogens is 430 g/mol. The van der Waals surface area contributed by atoms with Gasteiger partial charge in [-0.3, -0.25) is 4.79 Å². The first-order chi connectivity index (χ1) is 15.5. The Morgan fingerprint density at radius 2 is 1.97 bits per heavy atom. The molecule has 1 aromatic heterocycles. The largest absolute Gasteiger partial charge is 0.546 e. The van der Waals surface area contributed by atoms with E-state index in [2.05, 4.69) is 19.4 Å². The number of aromatic hydroxyl groups is 1. The number of carbonyl (C=O) groups is 1. The second-order valence-electron chi connectivity index (χ2n) is 7.65. The van der Waals surface area contributed by atoms with E-state index in [9.17, 15) is 19.6 Å². The van der Waals surface area contributed by atoms with Gasteiger partial charge in [-0.25, -0.2) is 0 Å². The highest BCUT2D eigenvalue weighted by Crippen LogP contribution is 2.35. The number of anilines is 3. The number of rotatable bonds is 7. The van der Waals surface area contributed by atoms with E-state index in [1.165, 1.54) is 11.0 Å². The summed E-state index contributed by atoms with van der Waals surface area (Å²) in [6.45, 7) is 2.69. The fourth-order valence-electron chi connectivity index (χ4n) is 3.75. The minimum absolute atomic E-state index is 0.0693. The van der Waals surface area contributed by atoms with Crippen molar-refractivity contribution in [1.82, 2.24) is 13.6 Å². The van der Waals surface area contributed by atoms with Crippen molar-refractivity contribution in [2.75, 3.05) is 23.7 Å². The average molecular weight is 456 g/mol. The number of β-amino-alcohol motifs (C(OH)–C–C–N with tert-alkyl or cyclic N) is 1. The maximum absolute atomic E-state index is 12.8. The van der Waals surface area contributed by atoms with Crippen LogP contribution in [0.2, 0.25) is 0 Å². The van der Waals surface area contributed by atoms with Crippen molar-refractivity contribution < 1.29 is 19.6 Å². The summed E-state index contributed by atoms with van der Waals surface area (Å²) in [4.78, 5) is 14.3. The second kappa shape index (κ2) is 9.51. The lowest BCUT2D eigenvalue weighted by Crippen LogP contribution is -2.29. The van der Waals surface area contributed by atoms with Crippen molar-refractivity contribution in [3.63, 3.8) is 0 Å². The molecule has 0 saturated carbocycles. The second-order valence-corrected chi connectivity index (χ2v) is 8.47. The number of nitrogens with one attached hydrogen (secondary N) is 2. The Balaban J connectivity index is 1.57. The molecule has 1 saturated heterocycles. The van der Waals surface area contributed by atoms with Gasteiger partial charge < -0.3 is 30.3 Å². The van der Waals surface area contributed by atoms with Crippen LogP contribution < -0.4 is 10.6 Å². The molecule has 1 aliphatic heterocycles. The van der Waals surface area contributed by atoms with Crippen molar-refractivity contribution in [2.45, 2.75) is 31.9 Å². The third-order valence-electron chi connectivity index (χ3n) is 5.45. The molecule has 0 bridgehead atoms. The molecule has 32 heavy (non-hydrogen) atoms. The van der Waals surface area contributed by atoms with E-state index in [-0.39, 0.29) is 41.3 Å². The summed E-state index contributed by atoms with van der Waals surface area (Å²) < 4.78 is 20.1. The van der Waals surface area contributed by atoms with Crippen molar-refractivity contribution in [2.24, 2.45) is 0 Å². The van der Waals surface area contributed by atoms with Gasteiger partial charge >= 0.3 is 0 Å². The van der Waals surface area contributed by atoms with E-state index >= 15 is 0 Å². The number of carbonyl (C=O) groups excluding carboxylic acids is 1. The molecule has 1 fully saturated rings. The standard InChI is InChI=1S/C22H25N5O4S/c1-2-17(14-7-4-3-5-8-14)23-20-21(26-32(31)25-20)24-18-10-6-9-16(19(18)29)22(30)27-12-11-15(28)13-27/h3-10,15,17,28-29H,2,11-13H2,1H3,(H,23,25)(H,24,26)/t15-,17+,32?/m0/s1. The summed E-state index contributed by atoms with van der Waals surface area (Å²) >= 11 is -1.79. The molecule has 3 atom stereocenters. The molecule has 1 amide bonds. The summed E-state index contributed by atoms with van der Waals surface area (Å²) in [5, 5.41) is 26.7. The number of phenols is 1. The number of amides is 1. The van der Waals surface area contributed by atoms with Gasteiger partial charge in [0.15, 0.2) is 16.9 Å². The van der Waals surface area contributed by atoms with Gasteiger partial charge in [0.05, 0.1) is 23.4 Å². The molecular formula is C22H25N5O4S. The zero-order chi connectivity index (χ0) is 22.7. The highest BCUT2D eigenvalue weighted by atomic mass is 32.2. The van der Waals surface area contributed by atoms with E-state index in [1.54, 1.807) is 12.1 Å². The number of hydrogen-bond donors (Lipinski definition) is 4. The van der Waals surface area contributed by atoms with Crippen molar-refractivity contribution in [1.29, 1.82) is 0 Å². The topological polar surface area (TPSA) is 134 Å². The zero-order valence-corrected chi connectivity index (χ0v) is 18.4. The van der Waals surface area contributed by atoms with Gasteiger partial charge in [-0.1, -0.05) is 43.3 Å².